The molecule has 126 valence electrons. The molecule has 1 amide bonds. The molecule has 1 aromatic heterocycles. The summed E-state index contributed by atoms with van der Waals surface area (Å²) in [7, 11) is 0. The van der Waals surface area contributed by atoms with Crippen LogP contribution < -0.4 is 0 Å². The molecule has 1 saturated heterocycles. The maximum atomic E-state index is 12.6. The fourth-order valence-corrected chi connectivity index (χ4v) is 3.32. The predicted octanol–water partition coefficient (Wildman–Crippen LogP) is 2.86. The van der Waals surface area contributed by atoms with E-state index in [9.17, 15) is 9.59 Å². The second-order valence-electron chi connectivity index (χ2n) is 5.78. The highest BCUT2D eigenvalue weighted by Crippen LogP contribution is 2.28. The van der Waals surface area contributed by atoms with Gasteiger partial charge in [-0.2, -0.15) is 4.98 Å². The third-order valence-electron chi connectivity index (χ3n) is 4.07. The number of piperidine rings is 1. The summed E-state index contributed by atoms with van der Waals surface area (Å²) in [6, 6.07) is 4.52. The van der Waals surface area contributed by atoms with Crippen LogP contribution in [0.5, 0.6) is 0 Å². The summed E-state index contributed by atoms with van der Waals surface area (Å²) in [5.41, 5.74) is 0.456. The number of hydrogen-bond acceptors (Lipinski definition) is 5. The van der Waals surface area contributed by atoms with Crippen molar-refractivity contribution in [3.8, 4) is 0 Å². The minimum Gasteiger partial charge on any atom is -0.478 e. The Kier molecular flexibility index (Phi) is 4.66. The molecule has 7 nitrogen and oxygen atoms in total. The lowest BCUT2D eigenvalue weighted by atomic mass is 9.96. The molecule has 3 rings (SSSR count). The molecule has 0 atom stereocenters. The molecule has 1 aromatic carbocycles. The molecule has 0 spiro atoms. The highest BCUT2D eigenvalue weighted by Gasteiger charge is 2.28. The van der Waals surface area contributed by atoms with E-state index in [1.54, 1.807) is 17.9 Å². The number of aromatic carboxylic acids is 1. The molecular weight excluding hydrogens is 378 g/mol. The minimum absolute atomic E-state index is 0.0870. The summed E-state index contributed by atoms with van der Waals surface area (Å²) < 4.78 is 5.78. The van der Waals surface area contributed by atoms with Crippen LogP contribution in [0.1, 0.15) is 51.2 Å². The molecule has 1 aliphatic rings. The molecule has 0 unspecified atom stereocenters. The van der Waals surface area contributed by atoms with Crippen molar-refractivity contribution in [1.82, 2.24) is 15.0 Å². The third kappa shape index (κ3) is 3.48. The number of hydrogen-bond donors (Lipinski definition) is 1. The SMILES string of the molecule is Cc1noc(C2CCN(C(=O)c3cc(Br)cc(C(=O)O)c3)CC2)n1. The van der Waals surface area contributed by atoms with Crippen molar-refractivity contribution in [1.29, 1.82) is 0 Å². The number of nitrogens with zero attached hydrogens (tertiary/aromatic N) is 3. The number of aromatic nitrogens is 2. The van der Waals surface area contributed by atoms with Crippen LogP contribution in [0, 0.1) is 6.92 Å². The van der Waals surface area contributed by atoms with Gasteiger partial charge in [0, 0.05) is 29.0 Å². The van der Waals surface area contributed by atoms with E-state index in [-0.39, 0.29) is 17.4 Å². The number of aryl methyl sites for hydroxylation is 1. The van der Waals surface area contributed by atoms with Crippen molar-refractivity contribution in [2.45, 2.75) is 25.7 Å². The first-order valence-corrected chi connectivity index (χ1v) is 8.36. The Morgan fingerprint density at radius 2 is 1.92 bits per heavy atom. The van der Waals surface area contributed by atoms with Gasteiger partial charge in [-0.05, 0) is 38.0 Å². The first-order valence-electron chi connectivity index (χ1n) is 7.57. The fraction of sp³-hybridized carbons (Fsp3) is 0.375. The Morgan fingerprint density at radius 1 is 1.25 bits per heavy atom. The molecule has 0 bridgehead atoms. The number of benzene rings is 1. The van der Waals surface area contributed by atoms with Gasteiger partial charge in [-0.3, -0.25) is 4.79 Å². The van der Waals surface area contributed by atoms with E-state index in [4.69, 9.17) is 9.63 Å². The highest BCUT2D eigenvalue weighted by molar-refractivity contribution is 9.10. The minimum atomic E-state index is -1.06. The molecule has 2 heterocycles. The molecule has 1 N–H and O–H groups in total. The van der Waals surface area contributed by atoms with Gasteiger partial charge < -0.3 is 14.5 Å². The average molecular weight is 394 g/mol. The van der Waals surface area contributed by atoms with E-state index in [1.165, 1.54) is 12.1 Å². The summed E-state index contributed by atoms with van der Waals surface area (Å²) in [6.07, 6.45) is 1.49. The lowest BCUT2D eigenvalue weighted by molar-refractivity contribution is 0.0696. The number of amides is 1. The number of carbonyl (C=O) groups excluding carboxylic acids is 1. The van der Waals surface area contributed by atoms with Gasteiger partial charge in [0.1, 0.15) is 0 Å². The maximum absolute atomic E-state index is 12.6. The molecule has 0 aliphatic carbocycles. The lowest BCUT2D eigenvalue weighted by Gasteiger charge is -2.30. The molecule has 8 heteroatoms. The molecule has 1 fully saturated rings. The van der Waals surface area contributed by atoms with E-state index in [0.717, 1.165) is 12.8 Å². The molecule has 1 aliphatic heterocycles. The quantitative estimate of drug-likeness (QED) is 0.860. The van der Waals surface area contributed by atoms with Crippen LogP contribution >= 0.6 is 15.9 Å². The van der Waals surface area contributed by atoms with Crippen LogP contribution in [-0.2, 0) is 0 Å². The lowest BCUT2D eigenvalue weighted by Crippen LogP contribution is -2.38. The van der Waals surface area contributed by atoms with Crippen LogP contribution in [0.4, 0.5) is 0 Å². The third-order valence-corrected chi connectivity index (χ3v) is 4.52. The average Bonchev–Trinajstić information content (AvgIpc) is 3.00. The Morgan fingerprint density at radius 3 is 2.50 bits per heavy atom. The van der Waals surface area contributed by atoms with Crippen molar-refractivity contribution < 1.29 is 19.2 Å². The van der Waals surface area contributed by atoms with E-state index in [0.29, 0.717) is 34.8 Å². The van der Waals surface area contributed by atoms with E-state index in [1.807, 2.05) is 0 Å². The van der Waals surface area contributed by atoms with E-state index < -0.39 is 5.97 Å². The number of carbonyl (C=O) groups is 2. The second-order valence-corrected chi connectivity index (χ2v) is 6.70. The van der Waals surface area contributed by atoms with Crippen molar-refractivity contribution >= 4 is 27.8 Å². The molecule has 24 heavy (non-hydrogen) atoms. The largest absolute Gasteiger partial charge is 0.478 e. The van der Waals surface area contributed by atoms with Crippen molar-refractivity contribution in [3.05, 3.63) is 45.5 Å². The van der Waals surface area contributed by atoms with Gasteiger partial charge in [-0.25, -0.2) is 4.79 Å². The van der Waals surface area contributed by atoms with Crippen LogP contribution in [0.3, 0.4) is 0 Å². The highest BCUT2D eigenvalue weighted by atomic mass is 79.9. The predicted molar refractivity (Wildman–Crippen MR) is 88.0 cm³/mol. The normalized spacial score (nSPS) is 15.5. The van der Waals surface area contributed by atoms with Crippen molar-refractivity contribution in [2.24, 2.45) is 0 Å². The van der Waals surface area contributed by atoms with Gasteiger partial charge in [0.25, 0.3) is 5.91 Å². The van der Waals surface area contributed by atoms with E-state index >= 15 is 0 Å². The summed E-state index contributed by atoms with van der Waals surface area (Å²) in [6.45, 7) is 2.92. The van der Waals surface area contributed by atoms with Crippen LogP contribution in [0.15, 0.2) is 27.2 Å². The Balaban J connectivity index is 1.70. The number of likely N-dealkylation sites (tertiary alicyclic amines) is 1. The molecule has 0 saturated carbocycles. The Labute approximate surface area is 146 Å². The number of rotatable bonds is 3. The van der Waals surface area contributed by atoms with Gasteiger partial charge in [0.05, 0.1) is 5.56 Å². The zero-order valence-corrected chi connectivity index (χ0v) is 14.6. The smallest absolute Gasteiger partial charge is 0.335 e. The summed E-state index contributed by atoms with van der Waals surface area (Å²) in [5.74, 6) is 0.163. The summed E-state index contributed by atoms with van der Waals surface area (Å²) in [4.78, 5) is 29.8. The number of carboxylic acid groups (broad SMARTS) is 1. The van der Waals surface area contributed by atoms with E-state index in [2.05, 4.69) is 26.1 Å². The summed E-state index contributed by atoms with van der Waals surface area (Å²) >= 11 is 3.25. The number of carboxylic acids is 1. The van der Waals surface area contributed by atoms with Gasteiger partial charge in [0.15, 0.2) is 5.82 Å². The van der Waals surface area contributed by atoms with Gasteiger partial charge in [-0.15, -0.1) is 0 Å². The monoisotopic (exact) mass is 393 g/mol. The zero-order valence-electron chi connectivity index (χ0n) is 13.0. The first-order chi connectivity index (χ1) is 11.4. The van der Waals surface area contributed by atoms with Gasteiger partial charge in [0.2, 0.25) is 5.89 Å². The second kappa shape index (κ2) is 6.72. The fourth-order valence-electron chi connectivity index (χ4n) is 2.83. The van der Waals surface area contributed by atoms with Crippen LogP contribution in [-0.4, -0.2) is 45.1 Å². The van der Waals surface area contributed by atoms with Crippen molar-refractivity contribution in [2.75, 3.05) is 13.1 Å². The summed E-state index contributed by atoms with van der Waals surface area (Å²) in [5, 5.41) is 12.9. The van der Waals surface area contributed by atoms with Gasteiger partial charge in [-0.1, -0.05) is 21.1 Å². The number of halogens is 1. The molecule has 0 radical (unpaired) electrons. The maximum Gasteiger partial charge on any atom is 0.335 e. The van der Waals surface area contributed by atoms with Gasteiger partial charge >= 0.3 is 5.97 Å². The standard InChI is InChI=1S/C16H16BrN3O4/c1-9-18-14(24-19-9)10-2-4-20(5-3-10)15(21)11-6-12(16(22)23)8-13(17)7-11/h6-8,10H,2-5H2,1H3,(H,22,23). The molecule has 2 aromatic rings. The topological polar surface area (TPSA) is 96.5 Å². The van der Waals surface area contributed by atoms with Crippen LogP contribution in [0.25, 0.3) is 0 Å². The Bertz CT molecular complexity index is 781. The Hall–Kier alpha value is -2.22. The van der Waals surface area contributed by atoms with Crippen LogP contribution in [0.2, 0.25) is 0 Å². The zero-order chi connectivity index (χ0) is 17.3. The van der Waals surface area contributed by atoms with Crippen molar-refractivity contribution in [3.63, 3.8) is 0 Å². The first kappa shape index (κ1) is 16.6. The molecular formula is C16H16BrN3O4.